The van der Waals surface area contributed by atoms with Gasteiger partial charge in [0, 0.05) is 24.4 Å². The quantitative estimate of drug-likeness (QED) is 0.351. The summed E-state index contributed by atoms with van der Waals surface area (Å²) in [6.45, 7) is 5.25. The zero-order valence-electron chi connectivity index (χ0n) is 20.6. The smallest absolute Gasteiger partial charge is 0.261 e. The van der Waals surface area contributed by atoms with Crippen molar-refractivity contribution in [3.63, 3.8) is 0 Å². The first kappa shape index (κ1) is 22.7. The van der Waals surface area contributed by atoms with E-state index in [0.29, 0.717) is 36.5 Å². The lowest BCUT2D eigenvalue weighted by molar-refractivity contribution is 0.0122. The summed E-state index contributed by atoms with van der Waals surface area (Å²) < 4.78 is 15.7. The minimum Gasteiger partial charge on any atom is -0.489 e. The van der Waals surface area contributed by atoms with Crippen molar-refractivity contribution in [3.8, 4) is 28.5 Å². The minimum atomic E-state index is -0.407. The molecule has 36 heavy (non-hydrogen) atoms. The number of hydrogen-bond donors (Lipinski definition) is 0. The Morgan fingerprint density at radius 1 is 1.03 bits per heavy atom. The number of para-hydroxylation sites is 1. The zero-order valence-corrected chi connectivity index (χ0v) is 20.6. The maximum atomic E-state index is 13.4. The average molecular weight is 483 g/mol. The third-order valence-electron chi connectivity index (χ3n) is 7.08. The lowest BCUT2D eigenvalue weighted by Gasteiger charge is -2.26. The van der Waals surface area contributed by atoms with Gasteiger partial charge in [-0.05, 0) is 69.0 Å². The first-order chi connectivity index (χ1) is 17.5. The Morgan fingerprint density at radius 3 is 2.61 bits per heavy atom. The molecule has 1 unspecified atom stereocenters. The summed E-state index contributed by atoms with van der Waals surface area (Å²) in [5.41, 5.74) is 2.07. The number of pyridine rings is 1. The van der Waals surface area contributed by atoms with Gasteiger partial charge < -0.3 is 14.0 Å². The second-order valence-electron chi connectivity index (χ2n) is 10.1. The Balaban J connectivity index is 1.39. The summed E-state index contributed by atoms with van der Waals surface area (Å²) in [7, 11) is 0. The van der Waals surface area contributed by atoms with E-state index in [1.54, 1.807) is 0 Å². The predicted molar refractivity (Wildman–Crippen MR) is 138 cm³/mol. The molecule has 0 radical (unpaired) electrons. The Labute approximate surface area is 210 Å². The molecule has 1 saturated carbocycles. The van der Waals surface area contributed by atoms with Crippen molar-refractivity contribution in [3.05, 3.63) is 88.8 Å². The van der Waals surface area contributed by atoms with E-state index in [-0.39, 0.29) is 11.6 Å². The molecule has 2 fully saturated rings. The van der Waals surface area contributed by atoms with E-state index in [0.717, 1.165) is 36.1 Å². The van der Waals surface area contributed by atoms with Gasteiger partial charge in [0.05, 0.1) is 17.2 Å². The highest BCUT2D eigenvalue weighted by Gasteiger charge is 2.40. The molecule has 2 aromatic carbocycles. The molecule has 3 heterocycles. The average Bonchev–Trinajstić information content (AvgIpc) is 3.54. The van der Waals surface area contributed by atoms with Gasteiger partial charge in [-0.15, -0.1) is 0 Å². The highest BCUT2D eigenvalue weighted by molar-refractivity contribution is 5.62. The number of ether oxygens (including phenoxy) is 2. The van der Waals surface area contributed by atoms with Gasteiger partial charge in [0.2, 0.25) is 0 Å². The molecule has 0 N–H and O–H groups in total. The van der Waals surface area contributed by atoms with Crippen LogP contribution in [0.4, 0.5) is 0 Å². The molecular formula is C29H30N4O3. The van der Waals surface area contributed by atoms with Crippen molar-refractivity contribution in [2.75, 3.05) is 6.61 Å². The Hall–Kier alpha value is -3.71. The molecular weight excluding hydrogens is 452 g/mol. The Morgan fingerprint density at radius 2 is 1.86 bits per heavy atom. The lowest BCUT2D eigenvalue weighted by Crippen LogP contribution is -2.31. The van der Waals surface area contributed by atoms with Gasteiger partial charge in [-0.25, -0.2) is 9.67 Å². The molecule has 2 aromatic heterocycles. The molecule has 7 nitrogen and oxygen atoms in total. The van der Waals surface area contributed by atoms with Crippen molar-refractivity contribution < 1.29 is 9.47 Å². The molecule has 7 heteroatoms. The van der Waals surface area contributed by atoms with Crippen LogP contribution in [-0.4, -0.2) is 31.5 Å². The monoisotopic (exact) mass is 482 g/mol. The van der Waals surface area contributed by atoms with E-state index < -0.39 is 5.60 Å². The first-order valence-corrected chi connectivity index (χ1v) is 12.6. The highest BCUT2D eigenvalue weighted by atomic mass is 16.5. The molecule has 0 spiro atoms. The topological polar surface area (TPSA) is 71.2 Å². The van der Waals surface area contributed by atoms with Gasteiger partial charge in [0.25, 0.3) is 5.56 Å². The molecule has 1 atom stereocenters. The number of benzene rings is 2. The third kappa shape index (κ3) is 4.35. The highest BCUT2D eigenvalue weighted by Crippen LogP contribution is 2.38. The van der Waals surface area contributed by atoms with E-state index in [2.05, 4.69) is 19.9 Å². The van der Waals surface area contributed by atoms with E-state index in [4.69, 9.17) is 19.6 Å². The van der Waals surface area contributed by atoms with Crippen molar-refractivity contribution >= 4 is 0 Å². The van der Waals surface area contributed by atoms with Gasteiger partial charge in [-0.2, -0.15) is 5.10 Å². The molecule has 1 aliphatic carbocycles. The van der Waals surface area contributed by atoms with Gasteiger partial charge in [0.1, 0.15) is 12.4 Å². The fourth-order valence-corrected chi connectivity index (χ4v) is 4.94. The largest absolute Gasteiger partial charge is 0.489 e. The van der Waals surface area contributed by atoms with E-state index >= 15 is 0 Å². The summed E-state index contributed by atoms with van der Waals surface area (Å²) >= 11 is 0. The van der Waals surface area contributed by atoms with Crippen LogP contribution in [0.25, 0.3) is 22.8 Å². The van der Waals surface area contributed by atoms with Crippen molar-refractivity contribution in [2.45, 2.75) is 57.4 Å². The van der Waals surface area contributed by atoms with Crippen LogP contribution in [-0.2, 0) is 11.3 Å². The summed E-state index contributed by atoms with van der Waals surface area (Å²) in [5, 5.41) is 4.96. The summed E-state index contributed by atoms with van der Waals surface area (Å²) in [6, 6.07) is 21.9. The van der Waals surface area contributed by atoms with Crippen molar-refractivity contribution in [1.82, 2.24) is 19.3 Å². The predicted octanol–water partition coefficient (Wildman–Crippen LogP) is 5.43. The normalized spacial score (nSPS) is 18.9. The Kier molecular flexibility index (Phi) is 5.72. The van der Waals surface area contributed by atoms with E-state index in [1.807, 2.05) is 76.1 Å². The SMILES string of the molecule is CC1(C)OCCC1n1nc(-c2cccc(COc3ccccc3)c2)nc1-c1cccn(C2CC2)c1=O. The third-order valence-corrected chi connectivity index (χ3v) is 7.08. The maximum Gasteiger partial charge on any atom is 0.261 e. The number of aromatic nitrogens is 4. The van der Waals surface area contributed by atoms with Gasteiger partial charge in [0.15, 0.2) is 11.6 Å². The summed E-state index contributed by atoms with van der Waals surface area (Å²) in [5.74, 6) is 2.02. The van der Waals surface area contributed by atoms with Crippen molar-refractivity contribution in [2.24, 2.45) is 0 Å². The summed E-state index contributed by atoms with van der Waals surface area (Å²) in [6.07, 6.45) is 4.78. The van der Waals surface area contributed by atoms with Crippen LogP contribution in [0.1, 0.15) is 50.8 Å². The lowest BCUT2D eigenvalue weighted by atomic mass is 9.99. The van der Waals surface area contributed by atoms with Crippen LogP contribution in [0.3, 0.4) is 0 Å². The van der Waals surface area contributed by atoms with Crippen LogP contribution < -0.4 is 10.3 Å². The fourth-order valence-electron chi connectivity index (χ4n) is 4.94. The first-order valence-electron chi connectivity index (χ1n) is 12.6. The van der Waals surface area contributed by atoms with Crippen molar-refractivity contribution in [1.29, 1.82) is 0 Å². The molecule has 0 bridgehead atoms. The maximum absolute atomic E-state index is 13.4. The van der Waals surface area contributed by atoms with Crippen LogP contribution >= 0.6 is 0 Å². The van der Waals surface area contributed by atoms with E-state index in [1.165, 1.54) is 0 Å². The van der Waals surface area contributed by atoms with Crippen LogP contribution in [0.2, 0.25) is 0 Å². The number of nitrogens with zero attached hydrogens (tertiary/aromatic N) is 4. The molecule has 1 saturated heterocycles. The molecule has 0 amide bonds. The Bertz CT molecular complexity index is 1440. The van der Waals surface area contributed by atoms with Crippen LogP contribution in [0.15, 0.2) is 77.7 Å². The molecule has 2 aliphatic rings. The number of rotatable bonds is 7. The second kappa shape index (κ2) is 9.06. The molecule has 184 valence electrons. The van der Waals surface area contributed by atoms with Gasteiger partial charge >= 0.3 is 0 Å². The minimum absolute atomic E-state index is 0.0121. The van der Waals surface area contributed by atoms with Gasteiger partial charge in [-0.1, -0.05) is 36.4 Å². The molecule has 4 aromatic rings. The fraction of sp³-hybridized carbons (Fsp3) is 0.345. The number of hydrogen-bond acceptors (Lipinski definition) is 5. The second-order valence-corrected chi connectivity index (χ2v) is 10.1. The standard InChI is InChI=1S/C29H30N4O3/c1-29(2)25(15-17-36-29)33-27(24-12-7-16-32(28(24)34)22-13-14-22)30-26(31-33)21-9-6-8-20(18-21)19-35-23-10-4-3-5-11-23/h3-12,16,18,22,25H,13-15,17,19H2,1-2H3. The van der Waals surface area contributed by atoms with Gasteiger partial charge in [-0.3, -0.25) is 4.79 Å². The van der Waals surface area contributed by atoms with Crippen LogP contribution in [0, 0.1) is 0 Å². The summed E-state index contributed by atoms with van der Waals surface area (Å²) in [4.78, 5) is 18.4. The van der Waals surface area contributed by atoms with Crippen LogP contribution in [0.5, 0.6) is 5.75 Å². The van der Waals surface area contributed by atoms with E-state index in [9.17, 15) is 4.79 Å². The zero-order chi connectivity index (χ0) is 24.7. The molecule has 1 aliphatic heterocycles. The molecule has 6 rings (SSSR count).